The highest BCUT2D eigenvalue weighted by Crippen LogP contribution is 2.28. The van der Waals surface area contributed by atoms with Gasteiger partial charge < -0.3 is 5.11 Å². The summed E-state index contributed by atoms with van der Waals surface area (Å²) in [4.78, 5) is 11.1. The molecule has 6 heteroatoms. The van der Waals surface area contributed by atoms with Crippen LogP contribution in [0.4, 0.5) is 0 Å². The molecule has 1 rings (SSSR count). The monoisotopic (exact) mass is 274 g/mol. The lowest BCUT2D eigenvalue weighted by Crippen LogP contribution is -2.12. The van der Waals surface area contributed by atoms with Crippen LogP contribution in [-0.4, -0.2) is 37.3 Å². The first-order valence-electron chi connectivity index (χ1n) is 4.97. The van der Waals surface area contributed by atoms with Crippen molar-refractivity contribution in [3.8, 4) is 0 Å². The summed E-state index contributed by atoms with van der Waals surface area (Å²) in [5.41, 5.74) is 0.679. The minimum absolute atomic E-state index is 0.00567. The topological polar surface area (TPSA) is 71.4 Å². The van der Waals surface area contributed by atoms with E-state index in [0.29, 0.717) is 5.56 Å². The van der Waals surface area contributed by atoms with Crippen molar-refractivity contribution < 1.29 is 18.3 Å². The first-order valence-corrected chi connectivity index (χ1v) is 8.08. The molecule has 1 atom stereocenters. The molecule has 1 unspecified atom stereocenters. The van der Waals surface area contributed by atoms with E-state index in [1.165, 1.54) is 0 Å². The highest BCUT2D eigenvalue weighted by atomic mass is 32.2. The second-order valence-electron chi connectivity index (χ2n) is 3.63. The Morgan fingerprint density at radius 1 is 1.35 bits per heavy atom. The number of rotatable bonds is 6. The van der Waals surface area contributed by atoms with Gasteiger partial charge in [-0.1, -0.05) is 30.3 Å². The van der Waals surface area contributed by atoms with Gasteiger partial charge in [-0.2, -0.15) is 0 Å². The van der Waals surface area contributed by atoms with E-state index in [-0.39, 0.29) is 11.5 Å². The van der Waals surface area contributed by atoms with E-state index in [2.05, 4.69) is 0 Å². The fraction of sp³-hybridized carbons (Fsp3) is 0.364. The largest absolute Gasteiger partial charge is 0.480 e. The molecule has 0 aliphatic carbocycles. The van der Waals surface area contributed by atoms with Gasteiger partial charge in [0.25, 0.3) is 0 Å². The second kappa shape index (κ2) is 6.07. The predicted octanol–water partition coefficient (Wildman–Crippen LogP) is 1.59. The van der Waals surface area contributed by atoms with Crippen molar-refractivity contribution in [2.24, 2.45) is 0 Å². The lowest BCUT2D eigenvalue weighted by atomic mass is 10.1. The van der Waals surface area contributed by atoms with Gasteiger partial charge in [0.2, 0.25) is 0 Å². The number of aliphatic carboxylic acids is 1. The van der Waals surface area contributed by atoms with Crippen molar-refractivity contribution >= 4 is 27.6 Å². The van der Waals surface area contributed by atoms with Crippen LogP contribution in [0.15, 0.2) is 30.3 Å². The highest BCUT2D eigenvalue weighted by Gasteiger charge is 2.20. The maximum atomic E-state index is 11.1. The minimum Gasteiger partial charge on any atom is -0.480 e. The molecule has 1 aromatic carbocycles. The van der Waals surface area contributed by atoms with Gasteiger partial charge in [0.05, 0.1) is 5.75 Å². The van der Waals surface area contributed by atoms with E-state index >= 15 is 0 Å². The van der Waals surface area contributed by atoms with Crippen LogP contribution in [0.5, 0.6) is 0 Å². The zero-order valence-electron chi connectivity index (χ0n) is 9.37. The van der Waals surface area contributed by atoms with Crippen molar-refractivity contribution in [2.75, 3.05) is 17.8 Å². The first-order chi connectivity index (χ1) is 7.90. The number of hydrogen-bond acceptors (Lipinski definition) is 4. The van der Waals surface area contributed by atoms with Crippen molar-refractivity contribution in [2.45, 2.75) is 5.25 Å². The maximum absolute atomic E-state index is 11.1. The summed E-state index contributed by atoms with van der Waals surface area (Å²) in [6.45, 7) is 0. The summed E-state index contributed by atoms with van der Waals surface area (Å²) in [7, 11) is -3.04. The Bertz CT molecular complexity index is 468. The average molecular weight is 274 g/mol. The van der Waals surface area contributed by atoms with Gasteiger partial charge in [-0.3, -0.25) is 4.79 Å². The van der Waals surface area contributed by atoms with Crippen LogP contribution in [0, 0.1) is 0 Å². The molecule has 1 N–H and O–H groups in total. The molecule has 4 nitrogen and oxygen atoms in total. The normalized spacial score (nSPS) is 13.2. The van der Waals surface area contributed by atoms with Crippen LogP contribution < -0.4 is 0 Å². The standard InChI is InChI=1S/C11H14O4S2/c1-17(14,15)8-7-16-10(11(12)13)9-5-3-2-4-6-9/h2-6,10H,7-8H2,1H3,(H,12,13). The number of carboxylic acids is 1. The Hall–Kier alpha value is -1.01. The molecule has 0 amide bonds. The third-order valence-corrected chi connectivity index (χ3v) is 4.52. The number of carbonyl (C=O) groups is 1. The summed E-state index contributed by atoms with van der Waals surface area (Å²) in [5.74, 6) is -0.673. The van der Waals surface area contributed by atoms with Gasteiger partial charge in [0.15, 0.2) is 0 Å². The smallest absolute Gasteiger partial charge is 0.321 e. The Labute approximate surface area is 105 Å². The number of thioether (sulfide) groups is 1. The summed E-state index contributed by atoms with van der Waals surface area (Å²) < 4.78 is 21.9. The molecule has 0 bridgehead atoms. The zero-order chi connectivity index (χ0) is 12.9. The quantitative estimate of drug-likeness (QED) is 0.853. The molecule has 0 aromatic heterocycles. The number of carboxylic acid groups (broad SMARTS) is 1. The van der Waals surface area contributed by atoms with Crippen molar-refractivity contribution in [1.29, 1.82) is 0 Å². The molecule has 0 aliphatic rings. The molecule has 0 spiro atoms. The Morgan fingerprint density at radius 2 is 1.94 bits per heavy atom. The highest BCUT2D eigenvalue weighted by molar-refractivity contribution is 8.01. The lowest BCUT2D eigenvalue weighted by Gasteiger charge is -2.11. The van der Waals surface area contributed by atoms with Crippen molar-refractivity contribution in [1.82, 2.24) is 0 Å². The average Bonchev–Trinajstić information content (AvgIpc) is 2.23. The molecular weight excluding hydrogens is 260 g/mol. The maximum Gasteiger partial charge on any atom is 0.321 e. The number of hydrogen-bond donors (Lipinski definition) is 1. The minimum atomic E-state index is -3.04. The van der Waals surface area contributed by atoms with Gasteiger partial charge >= 0.3 is 5.97 Å². The van der Waals surface area contributed by atoms with Gasteiger partial charge in [-0.05, 0) is 5.56 Å². The lowest BCUT2D eigenvalue weighted by molar-refractivity contribution is -0.136. The van der Waals surface area contributed by atoms with Crippen LogP contribution in [0.1, 0.15) is 10.8 Å². The van der Waals surface area contributed by atoms with E-state index in [1.807, 2.05) is 6.07 Å². The third kappa shape index (κ3) is 5.23. The number of sulfone groups is 1. The molecule has 0 fully saturated rings. The fourth-order valence-electron chi connectivity index (χ4n) is 1.26. The van der Waals surface area contributed by atoms with Crippen LogP contribution in [0.2, 0.25) is 0 Å². The van der Waals surface area contributed by atoms with Gasteiger partial charge in [-0.25, -0.2) is 8.42 Å². The molecule has 0 saturated heterocycles. The van der Waals surface area contributed by atoms with E-state index in [9.17, 15) is 13.2 Å². The van der Waals surface area contributed by atoms with Crippen molar-refractivity contribution in [3.63, 3.8) is 0 Å². The first kappa shape index (κ1) is 14.1. The molecule has 94 valence electrons. The van der Waals surface area contributed by atoms with E-state index in [1.54, 1.807) is 24.3 Å². The van der Waals surface area contributed by atoms with E-state index in [4.69, 9.17) is 5.11 Å². The van der Waals surface area contributed by atoms with Gasteiger partial charge in [0.1, 0.15) is 15.1 Å². The third-order valence-electron chi connectivity index (χ3n) is 2.07. The van der Waals surface area contributed by atoms with Crippen molar-refractivity contribution in [3.05, 3.63) is 35.9 Å². The molecule has 0 saturated carbocycles. The van der Waals surface area contributed by atoms with E-state index in [0.717, 1.165) is 18.0 Å². The molecule has 0 aliphatic heterocycles. The summed E-state index contributed by atoms with van der Waals surface area (Å²) in [6, 6.07) is 8.80. The number of benzene rings is 1. The van der Waals surface area contributed by atoms with Crippen LogP contribution in [0.25, 0.3) is 0 Å². The Kier molecular flexibility index (Phi) is 5.02. The van der Waals surface area contributed by atoms with Gasteiger partial charge in [-0.15, -0.1) is 11.8 Å². The predicted molar refractivity (Wildman–Crippen MR) is 69.0 cm³/mol. The van der Waals surface area contributed by atoms with Gasteiger partial charge in [0, 0.05) is 12.0 Å². The van der Waals surface area contributed by atoms with Crippen LogP contribution in [0.3, 0.4) is 0 Å². The zero-order valence-corrected chi connectivity index (χ0v) is 11.0. The molecule has 17 heavy (non-hydrogen) atoms. The summed E-state index contributed by atoms with van der Waals surface area (Å²) >= 11 is 1.13. The SMILES string of the molecule is CS(=O)(=O)CCSC(C(=O)O)c1ccccc1. The summed E-state index contributed by atoms with van der Waals surface area (Å²) in [5, 5.41) is 8.38. The molecule has 0 heterocycles. The summed E-state index contributed by atoms with van der Waals surface area (Å²) in [6.07, 6.45) is 1.14. The van der Waals surface area contributed by atoms with Crippen LogP contribution in [-0.2, 0) is 14.6 Å². The Morgan fingerprint density at radius 3 is 2.41 bits per heavy atom. The second-order valence-corrected chi connectivity index (χ2v) is 7.10. The van der Waals surface area contributed by atoms with E-state index < -0.39 is 21.1 Å². The fourth-order valence-corrected chi connectivity index (χ4v) is 3.58. The Balaban J connectivity index is 2.66. The van der Waals surface area contributed by atoms with Crippen LogP contribution >= 0.6 is 11.8 Å². The molecular formula is C11H14O4S2. The molecule has 0 radical (unpaired) electrons. The molecule has 1 aromatic rings.